The molecule has 1 saturated heterocycles. The molecule has 0 radical (unpaired) electrons. The van der Waals surface area contributed by atoms with E-state index in [4.69, 9.17) is 4.74 Å². The normalized spacial score (nSPS) is 16.4. The molecule has 0 spiro atoms. The van der Waals surface area contributed by atoms with Crippen LogP contribution in [0, 0.1) is 11.6 Å². The minimum Gasteiger partial charge on any atom is -0.477 e. The van der Waals surface area contributed by atoms with Crippen LogP contribution in [-0.2, 0) is 0 Å². The summed E-state index contributed by atoms with van der Waals surface area (Å²) in [4.78, 5) is 16.5. The molecule has 2 aromatic heterocycles. The van der Waals surface area contributed by atoms with Gasteiger partial charge in [0.1, 0.15) is 34.1 Å². The molecule has 4 rings (SSSR count). The lowest BCUT2D eigenvalue weighted by Gasteiger charge is -2.11. The highest BCUT2D eigenvalue weighted by Gasteiger charge is 2.22. The molecule has 0 bridgehead atoms. The maximum Gasteiger partial charge on any atom is 0.275 e. The maximum absolute atomic E-state index is 13.9. The number of carbonyl (C=O) groups is 1. The Morgan fingerprint density at radius 1 is 1.33 bits per heavy atom. The molecule has 0 aliphatic carbocycles. The zero-order valence-corrected chi connectivity index (χ0v) is 15.5. The Kier molecular flexibility index (Phi) is 5.10. The van der Waals surface area contributed by atoms with Gasteiger partial charge in [0.15, 0.2) is 0 Å². The number of aromatic nitrogens is 2. The van der Waals surface area contributed by atoms with Gasteiger partial charge in [-0.1, -0.05) is 6.07 Å². The van der Waals surface area contributed by atoms with E-state index in [1.165, 1.54) is 17.6 Å². The number of amides is 1. The van der Waals surface area contributed by atoms with Crippen molar-refractivity contribution in [2.24, 2.45) is 0 Å². The standard InChI is InChI=1S/C17H14F2N4O2S2/c18-10-2-1-3-11(19)14(10)16-23-13(8-26-16)15(24)22-12-7-21-27-17(12)25-9-4-5-20-6-9/h1-3,7-9,20H,4-6H2,(H,22,24)/t9-/m0/s1. The first-order valence-corrected chi connectivity index (χ1v) is 9.80. The van der Waals surface area contributed by atoms with E-state index in [0.717, 1.165) is 54.5 Å². The zero-order chi connectivity index (χ0) is 18.8. The van der Waals surface area contributed by atoms with Crippen LogP contribution in [0.15, 0.2) is 29.8 Å². The second-order valence-corrected chi connectivity index (χ2v) is 7.47. The van der Waals surface area contributed by atoms with Crippen molar-refractivity contribution in [2.45, 2.75) is 12.5 Å². The summed E-state index contributed by atoms with van der Waals surface area (Å²) in [5.41, 5.74) is 0.275. The molecule has 0 unspecified atom stereocenters. The van der Waals surface area contributed by atoms with Gasteiger partial charge in [0.05, 0.1) is 11.8 Å². The average Bonchev–Trinajstić information content (AvgIpc) is 3.38. The topological polar surface area (TPSA) is 76.1 Å². The van der Waals surface area contributed by atoms with Crippen molar-refractivity contribution in [2.75, 3.05) is 18.4 Å². The van der Waals surface area contributed by atoms with Crippen molar-refractivity contribution in [3.05, 3.63) is 47.1 Å². The summed E-state index contributed by atoms with van der Waals surface area (Å²) >= 11 is 2.15. The Hall–Kier alpha value is -2.43. The monoisotopic (exact) mass is 408 g/mol. The minimum atomic E-state index is -0.723. The van der Waals surface area contributed by atoms with E-state index in [1.807, 2.05) is 0 Å². The van der Waals surface area contributed by atoms with Crippen LogP contribution in [0.3, 0.4) is 0 Å². The molecule has 3 aromatic rings. The number of ether oxygens (including phenoxy) is 1. The van der Waals surface area contributed by atoms with Gasteiger partial charge in [-0.3, -0.25) is 4.79 Å². The van der Waals surface area contributed by atoms with Crippen LogP contribution >= 0.6 is 22.9 Å². The van der Waals surface area contributed by atoms with Gasteiger partial charge in [0, 0.05) is 23.5 Å². The quantitative estimate of drug-likeness (QED) is 0.675. The fraction of sp³-hybridized carbons (Fsp3) is 0.235. The van der Waals surface area contributed by atoms with Gasteiger partial charge in [0.2, 0.25) is 5.06 Å². The highest BCUT2D eigenvalue weighted by atomic mass is 32.1. The number of rotatable bonds is 5. The van der Waals surface area contributed by atoms with E-state index in [2.05, 4.69) is 20.0 Å². The number of nitrogens with zero attached hydrogens (tertiary/aromatic N) is 2. The van der Waals surface area contributed by atoms with Gasteiger partial charge < -0.3 is 15.4 Å². The molecule has 2 N–H and O–H groups in total. The van der Waals surface area contributed by atoms with Crippen molar-refractivity contribution in [1.29, 1.82) is 0 Å². The molecule has 6 nitrogen and oxygen atoms in total. The molecule has 1 aliphatic heterocycles. The Labute approximate surface area is 161 Å². The van der Waals surface area contributed by atoms with Crippen molar-refractivity contribution >= 4 is 34.5 Å². The summed E-state index contributed by atoms with van der Waals surface area (Å²) in [7, 11) is 0. The first-order chi connectivity index (χ1) is 13.1. The fourth-order valence-corrected chi connectivity index (χ4v) is 4.14. The second-order valence-electron chi connectivity index (χ2n) is 5.85. The summed E-state index contributed by atoms with van der Waals surface area (Å²) in [5, 5.41) is 7.98. The molecule has 10 heteroatoms. The smallest absolute Gasteiger partial charge is 0.275 e. The summed E-state index contributed by atoms with van der Waals surface area (Å²) in [6, 6.07) is 3.58. The molecular formula is C17H14F2N4O2S2. The number of anilines is 1. The van der Waals surface area contributed by atoms with E-state index >= 15 is 0 Å². The van der Waals surface area contributed by atoms with Gasteiger partial charge in [-0.25, -0.2) is 13.8 Å². The molecular weight excluding hydrogens is 394 g/mol. The highest BCUT2D eigenvalue weighted by molar-refractivity contribution is 7.13. The SMILES string of the molecule is O=C(Nc1cnsc1O[C@H]1CCNC1)c1csc(-c2c(F)cccc2F)n1. The molecule has 1 aliphatic rings. The van der Waals surface area contributed by atoms with E-state index in [1.54, 1.807) is 0 Å². The minimum absolute atomic E-state index is 0.0380. The Bertz CT molecular complexity index is 949. The lowest BCUT2D eigenvalue weighted by Crippen LogP contribution is -2.20. The van der Waals surface area contributed by atoms with Crippen molar-refractivity contribution in [3.63, 3.8) is 0 Å². The van der Waals surface area contributed by atoms with Gasteiger partial charge in [-0.15, -0.1) is 11.3 Å². The van der Waals surface area contributed by atoms with E-state index in [9.17, 15) is 13.6 Å². The second kappa shape index (κ2) is 7.67. The highest BCUT2D eigenvalue weighted by Crippen LogP contribution is 2.32. The van der Waals surface area contributed by atoms with E-state index < -0.39 is 17.5 Å². The number of benzene rings is 1. The Morgan fingerprint density at radius 2 is 2.15 bits per heavy atom. The van der Waals surface area contributed by atoms with Gasteiger partial charge in [-0.05, 0) is 25.1 Å². The average molecular weight is 408 g/mol. The predicted octanol–water partition coefficient (Wildman–Crippen LogP) is 3.54. The summed E-state index contributed by atoms with van der Waals surface area (Å²) in [5.74, 6) is -1.94. The number of hydrogen-bond donors (Lipinski definition) is 2. The van der Waals surface area contributed by atoms with Crippen LogP contribution in [0.4, 0.5) is 14.5 Å². The fourth-order valence-electron chi connectivity index (χ4n) is 2.66. The number of thiazole rings is 1. The van der Waals surface area contributed by atoms with Gasteiger partial charge >= 0.3 is 0 Å². The van der Waals surface area contributed by atoms with Crippen LogP contribution in [0.2, 0.25) is 0 Å². The predicted molar refractivity (Wildman–Crippen MR) is 99.4 cm³/mol. The van der Waals surface area contributed by atoms with Crippen molar-refractivity contribution in [3.8, 4) is 15.6 Å². The van der Waals surface area contributed by atoms with Crippen LogP contribution in [-0.4, -0.2) is 34.5 Å². The zero-order valence-electron chi connectivity index (χ0n) is 13.9. The summed E-state index contributed by atoms with van der Waals surface area (Å²) in [6.07, 6.45) is 2.43. The van der Waals surface area contributed by atoms with Gasteiger partial charge in [0.25, 0.3) is 5.91 Å². The van der Waals surface area contributed by atoms with Crippen molar-refractivity contribution in [1.82, 2.24) is 14.7 Å². The molecule has 1 atom stereocenters. The van der Waals surface area contributed by atoms with E-state index in [-0.39, 0.29) is 22.4 Å². The summed E-state index contributed by atoms with van der Waals surface area (Å²) < 4.78 is 37.7. The number of halogens is 2. The van der Waals surface area contributed by atoms with Crippen LogP contribution < -0.4 is 15.4 Å². The Morgan fingerprint density at radius 3 is 2.89 bits per heavy atom. The maximum atomic E-state index is 13.9. The van der Waals surface area contributed by atoms with E-state index in [0.29, 0.717) is 10.8 Å². The number of hydrogen-bond acceptors (Lipinski definition) is 7. The molecule has 3 heterocycles. The third kappa shape index (κ3) is 3.82. The first kappa shape index (κ1) is 18.0. The molecule has 0 saturated carbocycles. The van der Waals surface area contributed by atoms with Gasteiger partial charge in [-0.2, -0.15) is 4.37 Å². The lowest BCUT2D eigenvalue weighted by atomic mass is 10.2. The molecule has 1 amide bonds. The molecule has 1 aromatic carbocycles. The molecule has 1 fully saturated rings. The van der Waals surface area contributed by atoms with Crippen LogP contribution in [0.5, 0.6) is 5.06 Å². The van der Waals surface area contributed by atoms with Crippen LogP contribution in [0.1, 0.15) is 16.9 Å². The molecule has 27 heavy (non-hydrogen) atoms. The first-order valence-electron chi connectivity index (χ1n) is 8.15. The molecule has 140 valence electrons. The largest absolute Gasteiger partial charge is 0.477 e. The third-order valence-electron chi connectivity index (χ3n) is 3.99. The van der Waals surface area contributed by atoms with Crippen molar-refractivity contribution < 1.29 is 18.3 Å². The Balaban J connectivity index is 1.50. The third-order valence-corrected chi connectivity index (χ3v) is 5.54. The lowest BCUT2D eigenvalue weighted by molar-refractivity contribution is 0.102. The van der Waals surface area contributed by atoms with Crippen LogP contribution in [0.25, 0.3) is 10.6 Å². The number of carbonyl (C=O) groups excluding carboxylic acids is 1. The summed E-state index contributed by atoms with van der Waals surface area (Å²) in [6.45, 7) is 1.63. The number of nitrogens with one attached hydrogen (secondary N) is 2.